The van der Waals surface area contributed by atoms with E-state index in [0.29, 0.717) is 12.3 Å². The second kappa shape index (κ2) is 8.19. The number of fused-ring (bicyclic) bond motifs is 3. The molecule has 2 aromatic heterocycles. The van der Waals surface area contributed by atoms with Crippen molar-refractivity contribution in [2.45, 2.75) is 26.1 Å². The molecule has 7 heteroatoms. The Morgan fingerprint density at radius 3 is 2.03 bits per heavy atom. The molecule has 1 amide bonds. The average Bonchev–Trinajstić information content (AvgIpc) is 3.32. The van der Waals surface area contributed by atoms with Crippen LogP contribution in [-0.2, 0) is 17.9 Å². The van der Waals surface area contributed by atoms with Gasteiger partial charge in [0.25, 0.3) is 0 Å². The van der Waals surface area contributed by atoms with Crippen molar-refractivity contribution < 1.29 is 4.79 Å². The average molecular weight is 425 g/mol. The van der Waals surface area contributed by atoms with Crippen molar-refractivity contribution in [3.63, 3.8) is 0 Å². The number of rotatable bonds is 6. The molecule has 0 saturated carbocycles. The molecule has 5 rings (SSSR count). The van der Waals surface area contributed by atoms with Crippen LogP contribution in [0.25, 0.3) is 16.8 Å². The molecule has 7 nitrogen and oxygen atoms in total. The lowest BCUT2D eigenvalue weighted by atomic mass is 9.99. The Morgan fingerprint density at radius 1 is 0.875 bits per heavy atom. The lowest BCUT2D eigenvalue weighted by Gasteiger charge is -2.19. The predicted molar refractivity (Wildman–Crippen MR) is 123 cm³/mol. The van der Waals surface area contributed by atoms with Crippen LogP contribution in [0.15, 0.2) is 89.7 Å². The maximum Gasteiger partial charge on any atom is 0.352 e. The van der Waals surface area contributed by atoms with Crippen LogP contribution in [0.4, 0.5) is 0 Å². The second-order valence-electron chi connectivity index (χ2n) is 7.63. The van der Waals surface area contributed by atoms with Gasteiger partial charge in [-0.3, -0.25) is 4.79 Å². The number of imidazole rings is 1. The van der Waals surface area contributed by atoms with Crippen LogP contribution < -0.4 is 11.0 Å². The Bertz CT molecular complexity index is 1410. The van der Waals surface area contributed by atoms with E-state index in [9.17, 15) is 9.59 Å². The molecule has 0 saturated heterocycles. The normalized spacial score (nSPS) is 11.4. The monoisotopic (exact) mass is 425 g/mol. The number of nitrogens with one attached hydrogen (secondary N) is 1. The molecular weight excluding hydrogens is 402 g/mol. The summed E-state index contributed by atoms with van der Waals surface area (Å²) in [6.45, 7) is 2.52. The molecule has 0 spiro atoms. The first kappa shape index (κ1) is 19.8. The number of benzene rings is 3. The van der Waals surface area contributed by atoms with Gasteiger partial charge in [-0.1, -0.05) is 72.8 Å². The summed E-state index contributed by atoms with van der Waals surface area (Å²) in [7, 11) is 0. The fourth-order valence-corrected chi connectivity index (χ4v) is 4.18. The highest BCUT2D eigenvalue weighted by atomic mass is 16.2. The number of amides is 1. The molecule has 0 aliphatic heterocycles. The van der Waals surface area contributed by atoms with Crippen molar-refractivity contribution in [1.82, 2.24) is 24.1 Å². The van der Waals surface area contributed by atoms with Gasteiger partial charge in [-0.2, -0.15) is 0 Å². The molecule has 32 heavy (non-hydrogen) atoms. The third kappa shape index (κ3) is 3.37. The number of aromatic nitrogens is 4. The second-order valence-corrected chi connectivity index (χ2v) is 7.63. The smallest absolute Gasteiger partial charge is 0.344 e. The number of hydrogen-bond acceptors (Lipinski definition) is 3. The first-order valence-electron chi connectivity index (χ1n) is 10.6. The summed E-state index contributed by atoms with van der Waals surface area (Å²) in [6.07, 6.45) is 0. The molecule has 0 bridgehead atoms. The zero-order valence-electron chi connectivity index (χ0n) is 17.7. The molecule has 160 valence electrons. The van der Waals surface area contributed by atoms with E-state index in [1.807, 2.05) is 96.4 Å². The maximum atomic E-state index is 13.1. The molecule has 0 aliphatic carbocycles. The highest BCUT2D eigenvalue weighted by Crippen LogP contribution is 2.22. The summed E-state index contributed by atoms with van der Waals surface area (Å²) in [6, 6.07) is 26.9. The Kier molecular flexibility index (Phi) is 5.07. The third-order valence-electron chi connectivity index (χ3n) is 5.66. The summed E-state index contributed by atoms with van der Waals surface area (Å²) >= 11 is 0. The molecule has 0 radical (unpaired) electrons. The van der Waals surface area contributed by atoms with E-state index in [-0.39, 0.29) is 24.2 Å². The van der Waals surface area contributed by atoms with Crippen LogP contribution in [0.1, 0.15) is 24.1 Å². The lowest BCUT2D eigenvalue weighted by Crippen LogP contribution is -2.35. The zero-order chi connectivity index (χ0) is 22.1. The van der Waals surface area contributed by atoms with Crippen LogP contribution in [-0.4, -0.2) is 24.7 Å². The van der Waals surface area contributed by atoms with Gasteiger partial charge in [0.1, 0.15) is 6.54 Å². The summed E-state index contributed by atoms with van der Waals surface area (Å²) < 4.78 is 4.77. The van der Waals surface area contributed by atoms with E-state index < -0.39 is 0 Å². The van der Waals surface area contributed by atoms with Gasteiger partial charge in [-0.05, 0) is 30.2 Å². The minimum atomic E-state index is -0.325. The highest BCUT2D eigenvalue weighted by Gasteiger charge is 2.20. The van der Waals surface area contributed by atoms with Crippen molar-refractivity contribution in [3.05, 3.63) is 107 Å². The van der Waals surface area contributed by atoms with Crippen LogP contribution in [0.5, 0.6) is 0 Å². The summed E-state index contributed by atoms with van der Waals surface area (Å²) in [5.74, 6) is 0.257. The van der Waals surface area contributed by atoms with Gasteiger partial charge in [-0.25, -0.2) is 13.9 Å². The first-order valence-corrected chi connectivity index (χ1v) is 10.6. The predicted octanol–water partition coefficient (Wildman–Crippen LogP) is 3.38. The summed E-state index contributed by atoms with van der Waals surface area (Å²) in [5.41, 5.74) is 3.34. The number of carbonyl (C=O) groups excluding carboxylic acids is 1. The van der Waals surface area contributed by atoms with Crippen LogP contribution in [0, 0.1) is 0 Å². The zero-order valence-corrected chi connectivity index (χ0v) is 17.7. The van der Waals surface area contributed by atoms with Crippen LogP contribution >= 0.6 is 0 Å². The molecule has 0 aliphatic rings. The van der Waals surface area contributed by atoms with E-state index in [1.54, 1.807) is 4.40 Å². The number of nitrogens with zero attached hydrogens (tertiary/aromatic N) is 4. The van der Waals surface area contributed by atoms with Crippen molar-refractivity contribution >= 4 is 22.7 Å². The molecule has 5 aromatic rings. The Balaban J connectivity index is 1.48. The Hall–Kier alpha value is -4.13. The molecule has 2 heterocycles. The number of carbonyl (C=O) groups is 1. The fraction of sp³-hybridized carbons (Fsp3) is 0.160. The number of hydrogen-bond donors (Lipinski definition) is 1. The number of aryl methyl sites for hydroxylation is 1. The SMILES string of the molecule is CCn1c2ccccc2n2c(=O)n(CC(=O)NC(c3ccccc3)c3ccccc3)nc12. The summed E-state index contributed by atoms with van der Waals surface area (Å²) in [5, 5.41) is 7.56. The van der Waals surface area contributed by atoms with Crippen LogP contribution in [0.2, 0.25) is 0 Å². The fourth-order valence-electron chi connectivity index (χ4n) is 4.18. The maximum absolute atomic E-state index is 13.1. The van der Waals surface area contributed by atoms with Gasteiger partial charge in [0.15, 0.2) is 0 Å². The Labute approximate surface area is 184 Å². The molecule has 3 aromatic carbocycles. The molecule has 0 unspecified atom stereocenters. The van der Waals surface area contributed by atoms with Gasteiger partial charge in [-0.15, -0.1) is 5.10 Å². The van der Waals surface area contributed by atoms with Crippen molar-refractivity contribution in [2.75, 3.05) is 0 Å². The van der Waals surface area contributed by atoms with Crippen LogP contribution in [0.3, 0.4) is 0 Å². The standard InChI is InChI=1S/C25H23N5O2/c1-2-28-20-15-9-10-16-21(20)30-24(28)27-29(25(30)32)17-22(31)26-23(18-11-5-3-6-12-18)19-13-7-4-8-14-19/h3-16,23H,2,17H2,1H3,(H,26,31). The quantitative estimate of drug-likeness (QED) is 0.453. The largest absolute Gasteiger partial charge is 0.352 e. The number of para-hydroxylation sites is 2. The van der Waals surface area contributed by atoms with E-state index in [0.717, 1.165) is 22.2 Å². The topological polar surface area (TPSA) is 73.3 Å². The van der Waals surface area contributed by atoms with Gasteiger partial charge >= 0.3 is 5.69 Å². The molecule has 0 atom stereocenters. The van der Waals surface area contributed by atoms with Gasteiger partial charge in [0.05, 0.1) is 17.1 Å². The van der Waals surface area contributed by atoms with Gasteiger partial charge in [0, 0.05) is 6.54 Å². The molecule has 0 fully saturated rings. The molecule has 1 N–H and O–H groups in total. The first-order chi connectivity index (χ1) is 15.7. The van der Waals surface area contributed by atoms with E-state index in [2.05, 4.69) is 10.4 Å². The van der Waals surface area contributed by atoms with Gasteiger partial charge in [0.2, 0.25) is 11.7 Å². The third-order valence-corrected chi connectivity index (χ3v) is 5.66. The van der Waals surface area contributed by atoms with Crippen molar-refractivity contribution in [1.29, 1.82) is 0 Å². The molecular formula is C25H23N5O2. The lowest BCUT2D eigenvalue weighted by molar-refractivity contribution is -0.122. The van der Waals surface area contributed by atoms with Crippen molar-refractivity contribution in [2.24, 2.45) is 0 Å². The van der Waals surface area contributed by atoms with Crippen molar-refractivity contribution in [3.8, 4) is 0 Å². The Morgan fingerprint density at radius 2 is 1.44 bits per heavy atom. The highest BCUT2D eigenvalue weighted by molar-refractivity contribution is 5.81. The van der Waals surface area contributed by atoms with E-state index >= 15 is 0 Å². The summed E-state index contributed by atoms with van der Waals surface area (Å²) in [4.78, 5) is 26.1. The van der Waals surface area contributed by atoms with Gasteiger partial charge < -0.3 is 9.88 Å². The minimum Gasteiger partial charge on any atom is -0.344 e. The van der Waals surface area contributed by atoms with E-state index in [1.165, 1.54) is 4.68 Å². The van der Waals surface area contributed by atoms with E-state index in [4.69, 9.17) is 0 Å². The minimum absolute atomic E-state index is 0.158.